The van der Waals surface area contributed by atoms with Crippen molar-refractivity contribution in [3.05, 3.63) is 46.5 Å². The molecule has 2 aromatic rings. The average Bonchev–Trinajstić information content (AvgIpc) is 2.59. The van der Waals surface area contributed by atoms with Gasteiger partial charge in [-0.15, -0.1) is 0 Å². The molecule has 0 radical (unpaired) electrons. The number of aryl methyl sites for hydroxylation is 2. The zero-order valence-corrected chi connectivity index (χ0v) is 10.5. The lowest BCUT2D eigenvalue weighted by molar-refractivity contribution is 0.889. The van der Waals surface area contributed by atoms with Crippen LogP contribution in [-0.2, 0) is 6.42 Å². The van der Waals surface area contributed by atoms with Crippen LogP contribution >= 0.6 is 15.9 Å². The highest BCUT2D eigenvalue weighted by atomic mass is 79.9. The summed E-state index contributed by atoms with van der Waals surface area (Å²) in [6, 6.07) is 8.25. The van der Waals surface area contributed by atoms with Gasteiger partial charge in [0, 0.05) is 22.8 Å². The Labute approximate surface area is 98.1 Å². The van der Waals surface area contributed by atoms with Gasteiger partial charge in [-0.25, -0.2) is 4.98 Å². The molecule has 2 nitrogen and oxygen atoms in total. The molecular formula is C12H13BrN2. The number of imidazole rings is 1. The molecule has 3 heteroatoms. The van der Waals surface area contributed by atoms with Crippen molar-refractivity contribution in [3.8, 4) is 5.69 Å². The second-order valence-electron chi connectivity index (χ2n) is 3.50. The highest BCUT2D eigenvalue weighted by Crippen LogP contribution is 2.17. The quantitative estimate of drug-likeness (QED) is 0.812. The fourth-order valence-corrected chi connectivity index (χ4v) is 2.03. The van der Waals surface area contributed by atoms with Crippen molar-refractivity contribution in [2.24, 2.45) is 0 Å². The van der Waals surface area contributed by atoms with Crippen molar-refractivity contribution in [1.82, 2.24) is 9.55 Å². The first-order valence-corrected chi connectivity index (χ1v) is 5.81. The number of benzene rings is 1. The molecule has 1 heterocycles. The molecule has 0 unspecified atom stereocenters. The van der Waals surface area contributed by atoms with Gasteiger partial charge in [0.15, 0.2) is 0 Å². The lowest BCUT2D eigenvalue weighted by Gasteiger charge is -2.06. The third-order valence-electron chi connectivity index (χ3n) is 2.30. The fourth-order valence-electron chi connectivity index (χ4n) is 1.65. The molecule has 0 aliphatic heterocycles. The van der Waals surface area contributed by atoms with Crippen molar-refractivity contribution in [2.45, 2.75) is 20.3 Å². The minimum absolute atomic E-state index is 0.945. The van der Waals surface area contributed by atoms with Crippen LogP contribution in [0.2, 0.25) is 0 Å². The lowest BCUT2D eigenvalue weighted by atomic mass is 10.3. The maximum Gasteiger partial charge on any atom is 0.113 e. The number of hydrogen-bond acceptors (Lipinski definition) is 1. The smallest absolute Gasteiger partial charge is 0.113 e. The molecule has 78 valence electrons. The maximum atomic E-state index is 4.48. The Bertz CT molecular complexity index is 474. The van der Waals surface area contributed by atoms with Gasteiger partial charge >= 0.3 is 0 Å². The van der Waals surface area contributed by atoms with E-state index in [9.17, 15) is 0 Å². The first-order valence-electron chi connectivity index (χ1n) is 5.01. The maximum absolute atomic E-state index is 4.48. The van der Waals surface area contributed by atoms with Crippen LogP contribution in [0.25, 0.3) is 5.69 Å². The minimum atomic E-state index is 0.945. The molecule has 0 spiro atoms. The standard InChI is InChI=1S/C12H13BrN2/c1-3-12-14-9(2)8-15(12)11-6-4-5-10(13)7-11/h4-8H,3H2,1-2H3. The summed E-state index contributed by atoms with van der Waals surface area (Å²) in [7, 11) is 0. The highest BCUT2D eigenvalue weighted by Gasteiger charge is 2.05. The molecule has 0 saturated carbocycles. The summed E-state index contributed by atoms with van der Waals surface area (Å²) in [6.45, 7) is 4.14. The van der Waals surface area contributed by atoms with Gasteiger partial charge in [-0.1, -0.05) is 28.9 Å². The van der Waals surface area contributed by atoms with Gasteiger partial charge in [-0.2, -0.15) is 0 Å². The molecule has 2 rings (SSSR count). The normalized spacial score (nSPS) is 10.6. The third kappa shape index (κ3) is 2.12. The molecule has 0 saturated heterocycles. The summed E-state index contributed by atoms with van der Waals surface area (Å²) in [5.41, 5.74) is 2.22. The van der Waals surface area contributed by atoms with E-state index in [0.717, 1.165) is 28.1 Å². The van der Waals surface area contributed by atoms with Crippen molar-refractivity contribution in [2.75, 3.05) is 0 Å². The van der Waals surface area contributed by atoms with Gasteiger partial charge in [-0.05, 0) is 25.1 Å². The van der Waals surface area contributed by atoms with Crippen molar-refractivity contribution in [3.63, 3.8) is 0 Å². The summed E-state index contributed by atoms with van der Waals surface area (Å²) < 4.78 is 3.23. The van der Waals surface area contributed by atoms with Crippen LogP contribution in [-0.4, -0.2) is 9.55 Å². The number of aromatic nitrogens is 2. The Hall–Kier alpha value is -1.09. The first kappa shape index (κ1) is 10.4. The van der Waals surface area contributed by atoms with E-state index in [0.29, 0.717) is 0 Å². The van der Waals surface area contributed by atoms with Gasteiger partial charge in [0.05, 0.1) is 5.69 Å². The van der Waals surface area contributed by atoms with E-state index in [-0.39, 0.29) is 0 Å². The largest absolute Gasteiger partial charge is 0.303 e. The highest BCUT2D eigenvalue weighted by molar-refractivity contribution is 9.10. The van der Waals surface area contributed by atoms with Gasteiger partial charge in [-0.3, -0.25) is 0 Å². The number of nitrogens with zero attached hydrogens (tertiary/aromatic N) is 2. The van der Waals surface area contributed by atoms with E-state index in [1.807, 2.05) is 19.1 Å². The second kappa shape index (κ2) is 4.19. The fraction of sp³-hybridized carbons (Fsp3) is 0.250. The molecule has 0 amide bonds. The Morgan fingerprint density at radius 3 is 2.87 bits per heavy atom. The zero-order valence-electron chi connectivity index (χ0n) is 8.87. The monoisotopic (exact) mass is 264 g/mol. The average molecular weight is 265 g/mol. The van der Waals surface area contributed by atoms with Crippen LogP contribution in [0.1, 0.15) is 18.4 Å². The number of halogens is 1. The van der Waals surface area contributed by atoms with Gasteiger partial charge in [0.25, 0.3) is 0 Å². The predicted molar refractivity (Wildman–Crippen MR) is 65.4 cm³/mol. The van der Waals surface area contributed by atoms with Gasteiger partial charge < -0.3 is 4.57 Å². The molecule has 15 heavy (non-hydrogen) atoms. The molecule has 1 aromatic carbocycles. The van der Waals surface area contributed by atoms with Crippen LogP contribution < -0.4 is 0 Å². The topological polar surface area (TPSA) is 17.8 Å². The lowest BCUT2D eigenvalue weighted by Crippen LogP contribution is -1.98. The molecule has 0 aliphatic carbocycles. The Kier molecular flexibility index (Phi) is 2.91. The van der Waals surface area contributed by atoms with Crippen LogP contribution in [0, 0.1) is 6.92 Å². The van der Waals surface area contributed by atoms with E-state index < -0.39 is 0 Å². The first-order chi connectivity index (χ1) is 7.20. The summed E-state index contributed by atoms with van der Waals surface area (Å²) >= 11 is 3.48. The van der Waals surface area contributed by atoms with Crippen molar-refractivity contribution < 1.29 is 0 Å². The summed E-state index contributed by atoms with van der Waals surface area (Å²) in [5, 5.41) is 0. The van der Waals surface area contributed by atoms with Crippen LogP contribution in [0.3, 0.4) is 0 Å². The van der Waals surface area contributed by atoms with Crippen LogP contribution in [0.15, 0.2) is 34.9 Å². The number of hydrogen-bond donors (Lipinski definition) is 0. The van der Waals surface area contributed by atoms with Crippen molar-refractivity contribution >= 4 is 15.9 Å². The Morgan fingerprint density at radius 1 is 1.40 bits per heavy atom. The molecular weight excluding hydrogens is 252 g/mol. The van der Waals surface area contributed by atoms with Crippen LogP contribution in [0.5, 0.6) is 0 Å². The Morgan fingerprint density at radius 2 is 2.20 bits per heavy atom. The van der Waals surface area contributed by atoms with E-state index in [1.165, 1.54) is 0 Å². The molecule has 1 aromatic heterocycles. The summed E-state index contributed by atoms with van der Waals surface area (Å²) in [5.74, 6) is 1.10. The number of rotatable bonds is 2. The van der Waals surface area contributed by atoms with Crippen LogP contribution in [0.4, 0.5) is 0 Å². The molecule has 0 N–H and O–H groups in total. The molecule has 0 fully saturated rings. The molecule has 0 bridgehead atoms. The van der Waals surface area contributed by atoms with Gasteiger partial charge in [0.2, 0.25) is 0 Å². The van der Waals surface area contributed by atoms with E-state index in [1.54, 1.807) is 0 Å². The molecule has 0 atom stereocenters. The van der Waals surface area contributed by atoms with Gasteiger partial charge in [0.1, 0.15) is 5.82 Å². The molecule has 0 aliphatic rings. The minimum Gasteiger partial charge on any atom is -0.303 e. The van der Waals surface area contributed by atoms with E-state index in [4.69, 9.17) is 0 Å². The summed E-state index contributed by atoms with van der Waals surface area (Å²) in [6.07, 6.45) is 3.01. The second-order valence-corrected chi connectivity index (χ2v) is 4.42. The zero-order chi connectivity index (χ0) is 10.8. The van der Waals surface area contributed by atoms with E-state index >= 15 is 0 Å². The summed E-state index contributed by atoms with van der Waals surface area (Å²) in [4.78, 5) is 4.48. The SMILES string of the molecule is CCc1nc(C)cn1-c1cccc(Br)c1. The predicted octanol–water partition coefficient (Wildman–Crippen LogP) is 3.51. The third-order valence-corrected chi connectivity index (χ3v) is 2.80. The Balaban J connectivity index is 2.53. The van der Waals surface area contributed by atoms with Crippen molar-refractivity contribution in [1.29, 1.82) is 0 Å². The van der Waals surface area contributed by atoms with E-state index in [2.05, 4.69) is 50.7 Å².